The molecule has 4 rings (SSSR count). The van der Waals surface area contributed by atoms with Gasteiger partial charge in [0.1, 0.15) is 11.9 Å². The molecule has 1 aromatic heterocycles. The van der Waals surface area contributed by atoms with Gasteiger partial charge in [0, 0.05) is 25.7 Å². The summed E-state index contributed by atoms with van der Waals surface area (Å²) in [5.41, 5.74) is 1.40. The van der Waals surface area contributed by atoms with Gasteiger partial charge in [0.25, 0.3) is 0 Å². The van der Waals surface area contributed by atoms with Crippen LogP contribution < -0.4 is 4.74 Å². The van der Waals surface area contributed by atoms with Gasteiger partial charge >= 0.3 is 0 Å². The Bertz CT molecular complexity index is 683. The van der Waals surface area contributed by atoms with Crippen LogP contribution in [0.4, 0.5) is 0 Å². The van der Waals surface area contributed by atoms with Crippen molar-refractivity contribution in [2.24, 2.45) is 5.92 Å². The number of hydrogen-bond acceptors (Lipinski definition) is 3. The van der Waals surface area contributed by atoms with Crippen LogP contribution in [-0.2, 0) is 6.54 Å². The van der Waals surface area contributed by atoms with Gasteiger partial charge in [-0.15, -0.1) is 11.3 Å². The lowest BCUT2D eigenvalue weighted by Gasteiger charge is -2.33. The Balaban J connectivity index is 1.55. The molecule has 2 aliphatic rings. The quantitative estimate of drug-likeness (QED) is 0.729. The lowest BCUT2D eigenvalue weighted by atomic mass is 10.1. The van der Waals surface area contributed by atoms with E-state index in [4.69, 9.17) is 27.9 Å². The average molecular weight is 354 g/mol. The third-order valence-electron chi connectivity index (χ3n) is 4.27. The van der Waals surface area contributed by atoms with Crippen molar-refractivity contribution in [1.29, 1.82) is 0 Å². The molecule has 2 aromatic rings. The molecule has 22 heavy (non-hydrogen) atoms. The standard InChI is InChI=1S/C17H17Cl2NOS/c18-14-4-3-13(7-15(14)19)21-16-10-20(8-11-1-2-11)9-12-5-6-22-17(12)16/h3-7,11,16H,1-2,8-10H2. The summed E-state index contributed by atoms with van der Waals surface area (Å²) in [6.07, 6.45) is 2.84. The molecule has 1 atom stereocenters. The SMILES string of the molecule is Clc1ccc(OC2CN(CC3CC3)Cc3ccsc32)cc1Cl. The van der Waals surface area contributed by atoms with Crippen molar-refractivity contribution in [1.82, 2.24) is 4.90 Å². The maximum atomic E-state index is 6.23. The summed E-state index contributed by atoms with van der Waals surface area (Å²) in [6.45, 7) is 3.19. The monoisotopic (exact) mass is 353 g/mol. The lowest BCUT2D eigenvalue weighted by molar-refractivity contribution is 0.111. The maximum Gasteiger partial charge on any atom is 0.146 e. The number of rotatable bonds is 4. The topological polar surface area (TPSA) is 12.5 Å². The predicted octanol–water partition coefficient (Wildman–Crippen LogP) is 5.40. The normalized spacial score (nSPS) is 21.6. The van der Waals surface area contributed by atoms with Crippen LogP contribution in [0.1, 0.15) is 29.4 Å². The summed E-state index contributed by atoms with van der Waals surface area (Å²) in [6, 6.07) is 7.71. The van der Waals surface area contributed by atoms with E-state index in [1.165, 1.54) is 29.8 Å². The van der Waals surface area contributed by atoms with Gasteiger partial charge in [0.05, 0.1) is 14.9 Å². The fourth-order valence-corrected chi connectivity index (χ4v) is 4.22. The highest BCUT2D eigenvalue weighted by atomic mass is 35.5. The van der Waals surface area contributed by atoms with Crippen molar-refractivity contribution in [3.05, 3.63) is 50.1 Å². The zero-order valence-corrected chi connectivity index (χ0v) is 14.4. The molecule has 5 heteroatoms. The van der Waals surface area contributed by atoms with Gasteiger partial charge in [-0.2, -0.15) is 0 Å². The van der Waals surface area contributed by atoms with Crippen LogP contribution in [0.5, 0.6) is 5.75 Å². The summed E-state index contributed by atoms with van der Waals surface area (Å²) in [4.78, 5) is 3.87. The Morgan fingerprint density at radius 3 is 2.82 bits per heavy atom. The maximum absolute atomic E-state index is 6.23. The molecule has 0 radical (unpaired) electrons. The number of benzene rings is 1. The molecule has 0 spiro atoms. The lowest BCUT2D eigenvalue weighted by Crippen LogP contribution is -2.36. The molecule has 0 bridgehead atoms. The molecule has 0 amide bonds. The first-order valence-corrected chi connectivity index (χ1v) is 9.23. The summed E-state index contributed by atoms with van der Waals surface area (Å²) >= 11 is 13.9. The van der Waals surface area contributed by atoms with Crippen LogP contribution >= 0.6 is 34.5 Å². The molecular weight excluding hydrogens is 337 g/mol. The van der Waals surface area contributed by atoms with Gasteiger partial charge in [0.15, 0.2) is 0 Å². The molecule has 1 aromatic carbocycles. The van der Waals surface area contributed by atoms with E-state index in [2.05, 4.69) is 16.3 Å². The van der Waals surface area contributed by atoms with E-state index in [0.717, 1.165) is 24.8 Å². The first-order chi connectivity index (χ1) is 10.7. The Morgan fingerprint density at radius 1 is 1.18 bits per heavy atom. The number of nitrogens with zero attached hydrogens (tertiary/aromatic N) is 1. The Hall–Kier alpha value is -0.740. The number of fused-ring (bicyclic) bond motifs is 1. The van der Waals surface area contributed by atoms with Crippen LogP contribution in [0, 0.1) is 5.92 Å². The van der Waals surface area contributed by atoms with E-state index in [0.29, 0.717) is 10.0 Å². The minimum absolute atomic E-state index is 0.0831. The molecule has 116 valence electrons. The van der Waals surface area contributed by atoms with Crippen molar-refractivity contribution in [3.63, 3.8) is 0 Å². The van der Waals surface area contributed by atoms with Gasteiger partial charge in [0.2, 0.25) is 0 Å². The summed E-state index contributed by atoms with van der Waals surface area (Å²) < 4.78 is 6.23. The number of thiophene rings is 1. The third-order valence-corrected chi connectivity index (χ3v) is 6.06. The second kappa shape index (κ2) is 6.04. The average Bonchev–Trinajstić information content (AvgIpc) is 3.17. The van der Waals surface area contributed by atoms with Crippen molar-refractivity contribution in [3.8, 4) is 5.75 Å². The third kappa shape index (κ3) is 3.13. The van der Waals surface area contributed by atoms with E-state index in [1.807, 2.05) is 6.07 Å². The number of halogens is 2. The van der Waals surface area contributed by atoms with E-state index in [1.54, 1.807) is 23.5 Å². The molecule has 1 aliphatic heterocycles. The van der Waals surface area contributed by atoms with Crippen molar-refractivity contribution in [2.45, 2.75) is 25.5 Å². The minimum Gasteiger partial charge on any atom is -0.483 e. The van der Waals surface area contributed by atoms with Gasteiger partial charge in [-0.25, -0.2) is 0 Å². The Morgan fingerprint density at radius 2 is 2.05 bits per heavy atom. The number of hydrogen-bond donors (Lipinski definition) is 0. The molecule has 1 saturated carbocycles. The summed E-state index contributed by atoms with van der Waals surface area (Å²) in [7, 11) is 0. The highest BCUT2D eigenvalue weighted by molar-refractivity contribution is 7.10. The second-order valence-electron chi connectivity index (χ2n) is 6.13. The molecule has 1 unspecified atom stereocenters. The molecule has 1 aliphatic carbocycles. The van der Waals surface area contributed by atoms with Crippen LogP contribution in [0.3, 0.4) is 0 Å². The van der Waals surface area contributed by atoms with Gasteiger partial charge < -0.3 is 4.74 Å². The van der Waals surface area contributed by atoms with Crippen LogP contribution in [0.15, 0.2) is 29.6 Å². The Kier molecular flexibility index (Phi) is 4.07. The summed E-state index contributed by atoms with van der Waals surface area (Å²) in [5, 5.41) is 3.26. The highest BCUT2D eigenvalue weighted by Crippen LogP contribution is 2.38. The first-order valence-electron chi connectivity index (χ1n) is 7.59. The fraction of sp³-hybridized carbons (Fsp3) is 0.412. The van der Waals surface area contributed by atoms with Crippen molar-refractivity contribution in [2.75, 3.05) is 13.1 Å². The van der Waals surface area contributed by atoms with Gasteiger partial charge in [-0.05, 0) is 47.9 Å². The fourth-order valence-electron chi connectivity index (χ4n) is 2.99. The zero-order chi connectivity index (χ0) is 15.1. The van der Waals surface area contributed by atoms with Crippen molar-refractivity contribution >= 4 is 34.5 Å². The van der Waals surface area contributed by atoms with Crippen LogP contribution in [0.2, 0.25) is 10.0 Å². The second-order valence-corrected chi connectivity index (χ2v) is 7.89. The van der Waals surface area contributed by atoms with E-state index in [-0.39, 0.29) is 6.10 Å². The number of ether oxygens (including phenoxy) is 1. The van der Waals surface area contributed by atoms with Gasteiger partial charge in [-0.3, -0.25) is 4.90 Å². The van der Waals surface area contributed by atoms with E-state index in [9.17, 15) is 0 Å². The summed E-state index contributed by atoms with van der Waals surface area (Å²) in [5.74, 6) is 1.68. The molecular formula is C17H17Cl2NOS. The molecule has 0 saturated heterocycles. The molecule has 2 nitrogen and oxygen atoms in total. The first kappa shape index (κ1) is 14.8. The minimum atomic E-state index is 0.0831. The van der Waals surface area contributed by atoms with Gasteiger partial charge in [-0.1, -0.05) is 23.2 Å². The van der Waals surface area contributed by atoms with E-state index >= 15 is 0 Å². The van der Waals surface area contributed by atoms with Crippen LogP contribution in [-0.4, -0.2) is 18.0 Å². The highest BCUT2D eigenvalue weighted by Gasteiger charge is 2.32. The Labute approximate surface area is 144 Å². The van der Waals surface area contributed by atoms with E-state index < -0.39 is 0 Å². The molecule has 0 N–H and O–H groups in total. The molecule has 2 heterocycles. The molecule has 1 fully saturated rings. The van der Waals surface area contributed by atoms with Crippen molar-refractivity contribution < 1.29 is 4.74 Å². The largest absolute Gasteiger partial charge is 0.483 e. The van der Waals surface area contributed by atoms with Crippen LogP contribution in [0.25, 0.3) is 0 Å². The predicted molar refractivity (Wildman–Crippen MR) is 92.2 cm³/mol. The zero-order valence-electron chi connectivity index (χ0n) is 12.1. The smallest absolute Gasteiger partial charge is 0.146 e.